The minimum absolute atomic E-state index is 0.201. The fraction of sp³-hybridized carbons (Fsp3) is 0.667. The zero-order valence-electron chi connectivity index (χ0n) is 12.9. The lowest BCUT2D eigenvalue weighted by Crippen LogP contribution is -2.35. The number of hydrogen-bond donors (Lipinski definition) is 1. The molecule has 1 fully saturated rings. The van der Waals surface area contributed by atoms with E-state index in [1.165, 1.54) is 25.7 Å². The van der Waals surface area contributed by atoms with Crippen LogP contribution in [-0.4, -0.2) is 27.5 Å². The zero-order chi connectivity index (χ0) is 15.4. The number of aromatic nitrogens is 1. The third kappa shape index (κ3) is 3.95. The van der Waals surface area contributed by atoms with E-state index in [2.05, 4.69) is 16.6 Å². The summed E-state index contributed by atoms with van der Waals surface area (Å²) in [7, 11) is 0. The van der Waals surface area contributed by atoms with Gasteiger partial charge in [-0.15, -0.1) is 0 Å². The highest BCUT2D eigenvalue weighted by Gasteiger charge is 2.22. The van der Waals surface area contributed by atoms with Gasteiger partial charge in [0.2, 0.25) is 0 Å². The molecule has 0 saturated heterocycles. The highest BCUT2D eigenvalue weighted by molar-refractivity contribution is 7.99. The summed E-state index contributed by atoms with van der Waals surface area (Å²) >= 11 is 1.94. The Balaban J connectivity index is 2.03. The topological polar surface area (TPSA) is 68.1 Å². The van der Waals surface area contributed by atoms with Crippen molar-refractivity contribution in [2.45, 2.75) is 57.4 Å². The van der Waals surface area contributed by atoms with Gasteiger partial charge in [0.15, 0.2) is 0 Å². The molecule has 1 aliphatic carbocycles. The molecular formula is C15H23N3O2S. The summed E-state index contributed by atoms with van der Waals surface area (Å²) in [5.41, 5.74) is 2.30. The van der Waals surface area contributed by atoms with Crippen LogP contribution in [0.2, 0.25) is 0 Å². The minimum Gasteiger partial charge on any atom is -0.308 e. The first-order valence-corrected chi connectivity index (χ1v) is 8.67. The van der Waals surface area contributed by atoms with Crippen LogP contribution in [0.5, 0.6) is 0 Å². The van der Waals surface area contributed by atoms with Crippen LogP contribution in [0, 0.1) is 24.0 Å². The fourth-order valence-corrected chi connectivity index (χ4v) is 3.84. The molecule has 21 heavy (non-hydrogen) atoms. The van der Waals surface area contributed by atoms with Crippen molar-refractivity contribution in [1.29, 1.82) is 0 Å². The molecule has 1 saturated carbocycles. The van der Waals surface area contributed by atoms with Gasteiger partial charge in [-0.3, -0.25) is 15.1 Å². The van der Waals surface area contributed by atoms with Crippen molar-refractivity contribution in [1.82, 2.24) is 10.3 Å². The molecule has 0 radical (unpaired) electrons. The second-order valence-corrected chi connectivity index (χ2v) is 6.86. The first-order valence-electron chi connectivity index (χ1n) is 7.38. The number of thioether (sulfide) groups is 1. The monoisotopic (exact) mass is 309 g/mol. The van der Waals surface area contributed by atoms with Crippen molar-refractivity contribution in [2.24, 2.45) is 0 Å². The molecule has 5 nitrogen and oxygen atoms in total. The van der Waals surface area contributed by atoms with E-state index in [0.717, 1.165) is 10.9 Å². The predicted molar refractivity (Wildman–Crippen MR) is 86.8 cm³/mol. The maximum absolute atomic E-state index is 11.1. The van der Waals surface area contributed by atoms with Gasteiger partial charge in [-0.2, -0.15) is 11.8 Å². The highest BCUT2D eigenvalue weighted by atomic mass is 32.2. The number of nitro groups is 1. The first-order chi connectivity index (χ1) is 10.0. The summed E-state index contributed by atoms with van der Waals surface area (Å²) in [6.45, 7) is 4.14. The lowest BCUT2D eigenvalue weighted by molar-refractivity contribution is -0.386. The van der Waals surface area contributed by atoms with E-state index < -0.39 is 0 Å². The largest absolute Gasteiger partial charge is 0.308 e. The molecule has 1 aliphatic rings. The van der Waals surface area contributed by atoms with Crippen LogP contribution >= 0.6 is 11.8 Å². The van der Waals surface area contributed by atoms with Gasteiger partial charge >= 0.3 is 0 Å². The van der Waals surface area contributed by atoms with Crippen molar-refractivity contribution in [3.63, 3.8) is 0 Å². The molecule has 6 heteroatoms. The number of pyridine rings is 1. The smallest absolute Gasteiger partial charge is 0.278 e. The van der Waals surface area contributed by atoms with Gasteiger partial charge in [0.25, 0.3) is 5.69 Å². The van der Waals surface area contributed by atoms with Crippen LogP contribution in [-0.2, 0) is 6.54 Å². The van der Waals surface area contributed by atoms with Gasteiger partial charge < -0.3 is 5.32 Å². The Bertz CT molecular complexity index is 522. The molecule has 1 heterocycles. The van der Waals surface area contributed by atoms with E-state index in [4.69, 9.17) is 0 Å². The molecule has 0 bridgehead atoms. The normalized spacial score (nSPS) is 22.2. The van der Waals surface area contributed by atoms with Gasteiger partial charge in [0.05, 0.1) is 10.6 Å². The van der Waals surface area contributed by atoms with Crippen molar-refractivity contribution in [3.8, 4) is 0 Å². The molecule has 1 N–H and O–H groups in total. The van der Waals surface area contributed by atoms with Crippen LogP contribution < -0.4 is 5.32 Å². The summed E-state index contributed by atoms with van der Waals surface area (Å²) < 4.78 is 0. The number of rotatable bonds is 5. The maximum atomic E-state index is 11.1. The molecule has 0 spiro atoms. The average Bonchev–Trinajstić information content (AvgIpc) is 2.46. The Morgan fingerprint density at radius 3 is 2.90 bits per heavy atom. The molecule has 2 rings (SSSR count). The Hall–Kier alpha value is -1.14. The second kappa shape index (κ2) is 7.22. The Labute approximate surface area is 130 Å². The van der Waals surface area contributed by atoms with E-state index in [1.54, 1.807) is 20.0 Å². The Morgan fingerprint density at radius 1 is 1.48 bits per heavy atom. The standard InChI is InChI=1S/C15H23N3O2S/c1-10-8-17-14(11(2)15(10)18(19)20)9-16-12-5-4-6-13(7-12)21-3/h8,12-13,16H,4-7,9H2,1-3H3. The van der Waals surface area contributed by atoms with Gasteiger partial charge in [-0.25, -0.2) is 0 Å². The lowest BCUT2D eigenvalue weighted by atomic mass is 9.95. The number of nitrogens with zero attached hydrogens (tertiary/aromatic N) is 2. The molecule has 2 unspecified atom stereocenters. The average molecular weight is 309 g/mol. The Morgan fingerprint density at radius 2 is 2.24 bits per heavy atom. The van der Waals surface area contributed by atoms with Crippen molar-refractivity contribution in [3.05, 3.63) is 33.1 Å². The van der Waals surface area contributed by atoms with Crippen LogP contribution in [0.1, 0.15) is 42.5 Å². The van der Waals surface area contributed by atoms with E-state index in [1.807, 2.05) is 11.8 Å². The SMILES string of the molecule is CSC1CCCC(NCc2ncc(C)c([N+](=O)[O-])c2C)C1. The number of hydrogen-bond acceptors (Lipinski definition) is 5. The Kier molecular flexibility index (Phi) is 5.58. The van der Waals surface area contributed by atoms with E-state index in [9.17, 15) is 10.1 Å². The fourth-order valence-electron chi connectivity index (χ4n) is 3.01. The third-order valence-corrected chi connectivity index (χ3v) is 5.37. The van der Waals surface area contributed by atoms with Gasteiger partial charge in [-0.1, -0.05) is 6.42 Å². The first kappa shape index (κ1) is 16.2. The van der Waals surface area contributed by atoms with Crippen LogP contribution in [0.25, 0.3) is 0 Å². The quantitative estimate of drug-likeness (QED) is 0.667. The summed E-state index contributed by atoms with van der Waals surface area (Å²) in [4.78, 5) is 15.2. The van der Waals surface area contributed by atoms with Gasteiger partial charge in [0, 0.05) is 35.2 Å². The molecule has 1 aromatic heterocycles. The number of nitrogens with one attached hydrogen (secondary N) is 1. The molecule has 0 amide bonds. The zero-order valence-corrected chi connectivity index (χ0v) is 13.7. The van der Waals surface area contributed by atoms with Crippen molar-refractivity contribution >= 4 is 17.4 Å². The molecule has 1 aromatic rings. The maximum Gasteiger partial charge on any atom is 0.278 e. The molecular weight excluding hydrogens is 286 g/mol. The van der Waals surface area contributed by atoms with Crippen LogP contribution in [0.3, 0.4) is 0 Å². The summed E-state index contributed by atoms with van der Waals surface area (Å²) in [5.74, 6) is 0. The second-order valence-electron chi connectivity index (χ2n) is 5.72. The minimum atomic E-state index is -0.305. The molecule has 116 valence electrons. The highest BCUT2D eigenvalue weighted by Crippen LogP contribution is 2.28. The third-order valence-electron chi connectivity index (χ3n) is 4.28. The predicted octanol–water partition coefficient (Wildman–Crippen LogP) is 3.37. The number of aryl methyl sites for hydroxylation is 1. The summed E-state index contributed by atoms with van der Waals surface area (Å²) in [6.07, 6.45) is 8.68. The van der Waals surface area contributed by atoms with Crippen molar-refractivity contribution in [2.75, 3.05) is 6.26 Å². The van der Waals surface area contributed by atoms with E-state index in [0.29, 0.717) is 23.7 Å². The van der Waals surface area contributed by atoms with Crippen molar-refractivity contribution < 1.29 is 4.92 Å². The molecule has 0 aromatic carbocycles. The van der Waals surface area contributed by atoms with Gasteiger partial charge in [-0.05, 0) is 39.4 Å². The van der Waals surface area contributed by atoms with E-state index in [-0.39, 0.29) is 10.6 Å². The lowest BCUT2D eigenvalue weighted by Gasteiger charge is -2.28. The summed E-state index contributed by atoms with van der Waals surface area (Å²) in [5, 5.41) is 15.4. The summed E-state index contributed by atoms with van der Waals surface area (Å²) in [6, 6.07) is 0.498. The van der Waals surface area contributed by atoms with Gasteiger partial charge in [0.1, 0.15) is 0 Å². The molecule has 2 atom stereocenters. The van der Waals surface area contributed by atoms with Crippen LogP contribution in [0.4, 0.5) is 5.69 Å². The molecule has 0 aliphatic heterocycles. The van der Waals surface area contributed by atoms with Crippen LogP contribution in [0.15, 0.2) is 6.20 Å². The van der Waals surface area contributed by atoms with E-state index >= 15 is 0 Å².